The number of hydrogen-bond donors (Lipinski definition) is 2. The second kappa shape index (κ2) is 11.2. The second-order valence-corrected chi connectivity index (χ2v) is 8.72. The van der Waals surface area contributed by atoms with Crippen molar-refractivity contribution in [1.82, 2.24) is 0 Å². The fourth-order valence-corrected chi connectivity index (χ4v) is 4.02. The number of ether oxygens (including phenoxy) is 4. The number of aliphatic hydroxyl groups excluding tert-OH is 1. The van der Waals surface area contributed by atoms with Gasteiger partial charge >= 0.3 is 5.97 Å². The van der Waals surface area contributed by atoms with E-state index in [9.17, 15) is 15.0 Å². The van der Waals surface area contributed by atoms with Gasteiger partial charge in [-0.1, -0.05) is 42.8 Å². The van der Waals surface area contributed by atoms with Gasteiger partial charge in [-0.25, -0.2) is 4.79 Å². The molecule has 1 fully saturated rings. The Labute approximate surface area is 194 Å². The number of rotatable bonds is 10. The Morgan fingerprint density at radius 2 is 1.88 bits per heavy atom. The number of carboxylic acid groups (broad SMARTS) is 1. The Bertz CT molecular complexity index is 860. The van der Waals surface area contributed by atoms with E-state index in [0.29, 0.717) is 24.2 Å². The largest absolute Gasteiger partial charge is 0.496 e. The number of halogens is 1. The Kier molecular flexibility index (Phi) is 9.16. The molecule has 2 rings (SSSR count). The minimum absolute atomic E-state index is 0.0376. The first kappa shape index (κ1) is 26.2. The monoisotopic (exact) mass is 468 g/mol. The minimum Gasteiger partial charge on any atom is -0.496 e. The van der Waals surface area contributed by atoms with Crippen LogP contribution in [0.25, 0.3) is 6.08 Å². The first-order valence-corrected chi connectivity index (χ1v) is 10.9. The molecule has 0 amide bonds. The van der Waals surface area contributed by atoms with Crippen LogP contribution in [-0.4, -0.2) is 54.5 Å². The second-order valence-electron chi connectivity index (χ2n) is 8.34. The first-order chi connectivity index (χ1) is 15.0. The van der Waals surface area contributed by atoms with Crippen molar-refractivity contribution >= 4 is 23.6 Å². The molecule has 1 saturated heterocycles. The molecule has 0 saturated carbocycles. The number of hydrogen-bond acceptors (Lipinski definition) is 6. The van der Waals surface area contributed by atoms with Gasteiger partial charge in [0.2, 0.25) is 0 Å². The highest BCUT2D eigenvalue weighted by atomic mass is 35.5. The van der Waals surface area contributed by atoms with Gasteiger partial charge in [0.1, 0.15) is 17.1 Å². The average molecular weight is 469 g/mol. The van der Waals surface area contributed by atoms with E-state index in [1.807, 2.05) is 39.0 Å². The van der Waals surface area contributed by atoms with Crippen molar-refractivity contribution in [1.29, 1.82) is 0 Å². The van der Waals surface area contributed by atoms with E-state index in [4.69, 9.17) is 30.5 Å². The molecule has 0 spiro atoms. The zero-order chi connectivity index (χ0) is 24.1. The van der Waals surface area contributed by atoms with Crippen LogP contribution >= 0.6 is 11.6 Å². The molecule has 1 heterocycles. The van der Waals surface area contributed by atoms with Crippen molar-refractivity contribution in [3.8, 4) is 11.5 Å². The van der Waals surface area contributed by atoms with Crippen LogP contribution in [0.5, 0.6) is 11.5 Å². The van der Waals surface area contributed by atoms with Crippen LogP contribution in [0.4, 0.5) is 0 Å². The van der Waals surface area contributed by atoms with Crippen LogP contribution in [0.2, 0.25) is 5.02 Å². The van der Waals surface area contributed by atoms with Crippen molar-refractivity contribution in [2.45, 2.75) is 64.6 Å². The zero-order valence-corrected chi connectivity index (χ0v) is 20.2. The van der Waals surface area contributed by atoms with Crippen LogP contribution < -0.4 is 9.47 Å². The van der Waals surface area contributed by atoms with Gasteiger partial charge in [-0.05, 0) is 33.6 Å². The van der Waals surface area contributed by atoms with Crippen molar-refractivity contribution in [3.63, 3.8) is 0 Å². The topological polar surface area (TPSA) is 94.5 Å². The molecular weight excluding hydrogens is 436 g/mol. The maximum absolute atomic E-state index is 11.9. The number of carbonyl (C=O) groups is 1. The number of benzene rings is 1. The van der Waals surface area contributed by atoms with Gasteiger partial charge in [0.15, 0.2) is 5.79 Å². The van der Waals surface area contributed by atoms with E-state index in [0.717, 1.165) is 0 Å². The normalized spacial score (nSPS) is 22.4. The average Bonchev–Trinajstić information content (AvgIpc) is 3.02. The summed E-state index contributed by atoms with van der Waals surface area (Å²) in [5.41, 5.74) is 0.263. The van der Waals surface area contributed by atoms with E-state index in [1.165, 1.54) is 20.3 Å². The third kappa shape index (κ3) is 6.48. The molecule has 0 radical (unpaired) electrons. The molecule has 0 aromatic heterocycles. The Hall–Kier alpha value is -2.06. The van der Waals surface area contributed by atoms with Crippen LogP contribution in [-0.2, 0) is 9.47 Å². The van der Waals surface area contributed by atoms with E-state index in [1.54, 1.807) is 13.0 Å². The van der Waals surface area contributed by atoms with E-state index in [2.05, 4.69) is 0 Å². The van der Waals surface area contributed by atoms with Gasteiger partial charge in [0.05, 0.1) is 37.6 Å². The van der Waals surface area contributed by atoms with E-state index in [-0.39, 0.29) is 34.5 Å². The molecule has 1 aliphatic heterocycles. The predicted octanol–water partition coefficient (Wildman–Crippen LogP) is 4.94. The summed E-state index contributed by atoms with van der Waals surface area (Å²) < 4.78 is 22.7. The summed E-state index contributed by atoms with van der Waals surface area (Å²) >= 11 is 6.41. The molecule has 1 unspecified atom stereocenters. The Morgan fingerprint density at radius 1 is 1.22 bits per heavy atom. The maximum atomic E-state index is 11.9. The maximum Gasteiger partial charge on any atom is 0.340 e. The molecule has 178 valence electrons. The van der Waals surface area contributed by atoms with Gasteiger partial charge in [-0.3, -0.25) is 0 Å². The summed E-state index contributed by atoms with van der Waals surface area (Å²) in [7, 11) is 2.85. The van der Waals surface area contributed by atoms with Crippen LogP contribution in [0.1, 0.15) is 56.5 Å². The summed E-state index contributed by atoms with van der Waals surface area (Å²) in [6.07, 6.45) is 7.64. The first-order valence-electron chi connectivity index (χ1n) is 10.5. The van der Waals surface area contributed by atoms with E-state index >= 15 is 0 Å². The van der Waals surface area contributed by atoms with Crippen molar-refractivity contribution < 1.29 is 34.0 Å². The molecular formula is C24H33ClO7. The molecule has 1 aliphatic rings. The molecule has 4 atom stereocenters. The third-order valence-corrected chi connectivity index (χ3v) is 5.58. The lowest BCUT2D eigenvalue weighted by atomic mass is 9.96. The Morgan fingerprint density at radius 3 is 2.44 bits per heavy atom. The SMILES string of the molecule is COc1cc(OC)c(C(=O)O)c(/C=C/C[C@@H]2OC(C)(C)O[C@@H]2C(C)/C=C\C[C@@H](C)O)c1Cl. The number of methoxy groups -OCH3 is 2. The Balaban J connectivity index is 2.28. The van der Waals surface area contributed by atoms with Gasteiger partial charge in [0.25, 0.3) is 0 Å². The highest BCUT2D eigenvalue weighted by Crippen LogP contribution is 2.39. The molecule has 32 heavy (non-hydrogen) atoms. The lowest BCUT2D eigenvalue weighted by Crippen LogP contribution is -2.28. The molecule has 0 aliphatic carbocycles. The summed E-state index contributed by atoms with van der Waals surface area (Å²) in [4.78, 5) is 11.9. The van der Waals surface area contributed by atoms with Crippen LogP contribution in [0, 0.1) is 5.92 Å². The van der Waals surface area contributed by atoms with Gasteiger partial charge < -0.3 is 29.2 Å². The molecule has 0 bridgehead atoms. The van der Waals surface area contributed by atoms with Crippen molar-refractivity contribution in [2.24, 2.45) is 5.92 Å². The molecule has 2 N–H and O–H groups in total. The van der Waals surface area contributed by atoms with Gasteiger partial charge in [0, 0.05) is 17.5 Å². The lowest BCUT2D eigenvalue weighted by molar-refractivity contribution is -0.148. The fourth-order valence-electron chi connectivity index (χ4n) is 3.73. The summed E-state index contributed by atoms with van der Waals surface area (Å²) in [5.74, 6) is -1.34. The quantitative estimate of drug-likeness (QED) is 0.469. The number of aliphatic hydroxyl groups is 1. The summed E-state index contributed by atoms with van der Waals surface area (Å²) in [6.45, 7) is 7.51. The van der Waals surface area contributed by atoms with Crippen LogP contribution in [0.3, 0.4) is 0 Å². The summed E-state index contributed by atoms with van der Waals surface area (Å²) in [6, 6.07) is 1.46. The van der Waals surface area contributed by atoms with Crippen LogP contribution in [0.15, 0.2) is 24.3 Å². The number of aromatic carboxylic acids is 1. The van der Waals surface area contributed by atoms with Crippen molar-refractivity contribution in [2.75, 3.05) is 14.2 Å². The summed E-state index contributed by atoms with van der Waals surface area (Å²) in [5, 5.41) is 19.4. The lowest BCUT2D eigenvalue weighted by Gasteiger charge is -2.20. The molecule has 1 aromatic rings. The van der Waals surface area contributed by atoms with E-state index < -0.39 is 17.9 Å². The number of carboxylic acids is 1. The molecule has 7 nitrogen and oxygen atoms in total. The predicted molar refractivity (Wildman–Crippen MR) is 124 cm³/mol. The highest BCUT2D eigenvalue weighted by molar-refractivity contribution is 6.34. The molecule has 8 heteroatoms. The minimum atomic E-state index is -1.15. The smallest absolute Gasteiger partial charge is 0.340 e. The zero-order valence-electron chi connectivity index (χ0n) is 19.4. The fraction of sp³-hybridized carbons (Fsp3) is 0.542. The molecule has 1 aromatic carbocycles. The highest BCUT2D eigenvalue weighted by Gasteiger charge is 2.42. The van der Waals surface area contributed by atoms with Gasteiger partial charge in [-0.2, -0.15) is 0 Å². The standard InChI is InChI=1S/C24H33ClO7/c1-14(9-7-10-15(2)26)22-17(31-24(3,4)32-22)12-8-11-16-20(23(27)28)18(29-5)13-19(30-6)21(16)25/h7-9,11,13-15,17,22,26H,10,12H2,1-6H3,(H,27,28)/b9-7-,11-8+/t14?,15-,17+,22-/m1/s1. The van der Waals surface area contributed by atoms with Crippen molar-refractivity contribution in [3.05, 3.63) is 40.4 Å². The van der Waals surface area contributed by atoms with Gasteiger partial charge in [-0.15, -0.1) is 0 Å². The third-order valence-electron chi connectivity index (χ3n) is 5.19.